The molecule has 0 spiro atoms. The molecule has 0 fully saturated rings. The molecule has 1 heterocycles. The minimum atomic E-state index is -4.43. The normalized spacial score (nSPS) is 12.1. The summed E-state index contributed by atoms with van der Waals surface area (Å²) in [6.07, 6.45) is -3.06. The third kappa shape index (κ3) is 6.23. The Balaban J connectivity index is 1.60. The Kier molecular flexibility index (Phi) is 6.56. The van der Waals surface area contributed by atoms with Gasteiger partial charge in [-0.1, -0.05) is 30.3 Å². The molecule has 8 heteroatoms. The second kappa shape index (κ2) is 9.30. The van der Waals surface area contributed by atoms with Crippen LogP contribution in [-0.4, -0.2) is 23.7 Å². The van der Waals surface area contributed by atoms with Gasteiger partial charge in [0.15, 0.2) is 6.61 Å². The van der Waals surface area contributed by atoms with Crippen molar-refractivity contribution in [3.63, 3.8) is 0 Å². The number of carbonyl (C=O) groups is 1. The molecular weight excluding hydrogens is 397 g/mol. The number of pyridine rings is 1. The lowest BCUT2D eigenvalue weighted by atomic mass is 10.1. The van der Waals surface area contributed by atoms with Crippen LogP contribution in [0.5, 0.6) is 17.4 Å². The van der Waals surface area contributed by atoms with E-state index < -0.39 is 18.8 Å². The highest BCUT2D eigenvalue weighted by Gasteiger charge is 2.28. The number of nitrogens with one attached hydrogen (secondary N) is 1. The number of hydrogen-bond donors (Lipinski definition) is 1. The molecule has 156 valence electrons. The first-order valence-corrected chi connectivity index (χ1v) is 9.09. The van der Waals surface area contributed by atoms with Crippen molar-refractivity contribution < 1.29 is 27.4 Å². The van der Waals surface area contributed by atoms with Crippen molar-refractivity contribution in [1.29, 1.82) is 0 Å². The molecule has 0 aliphatic rings. The van der Waals surface area contributed by atoms with Gasteiger partial charge >= 0.3 is 6.18 Å². The maximum absolute atomic E-state index is 12.6. The van der Waals surface area contributed by atoms with Crippen LogP contribution in [-0.2, 0) is 0 Å². The van der Waals surface area contributed by atoms with Gasteiger partial charge in [-0.3, -0.25) is 4.79 Å². The van der Waals surface area contributed by atoms with E-state index in [2.05, 4.69) is 15.0 Å². The lowest BCUT2D eigenvalue weighted by molar-refractivity contribution is -0.154. The fourth-order valence-electron chi connectivity index (χ4n) is 2.58. The molecule has 0 bridgehead atoms. The van der Waals surface area contributed by atoms with Crippen LogP contribution in [0.2, 0.25) is 0 Å². The summed E-state index contributed by atoms with van der Waals surface area (Å²) in [4.78, 5) is 16.4. The number of rotatable bonds is 7. The fourth-order valence-corrected chi connectivity index (χ4v) is 2.58. The summed E-state index contributed by atoms with van der Waals surface area (Å²) < 4.78 is 46.9. The van der Waals surface area contributed by atoms with Gasteiger partial charge in [0.05, 0.1) is 6.04 Å². The van der Waals surface area contributed by atoms with Crippen LogP contribution in [0.25, 0.3) is 0 Å². The number of hydrogen-bond acceptors (Lipinski definition) is 4. The van der Waals surface area contributed by atoms with Crippen LogP contribution in [0.4, 0.5) is 13.2 Å². The molecule has 0 saturated heterocycles. The van der Waals surface area contributed by atoms with E-state index in [0.717, 1.165) is 0 Å². The van der Waals surface area contributed by atoms with E-state index in [1.54, 1.807) is 37.3 Å². The van der Waals surface area contributed by atoms with Gasteiger partial charge in [-0.05, 0) is 42.8 Å². The Morgan fingerprint density at radius 3 is 2.43 bits per heavy atom. The maximum Gasteiger partial charge on any atom is 0.422 e. The van der Waals surface area contributed by atoms with Crippen LogP contribution < -0.4 is 14.8 Å². The van der Waals surface area contributed by atoms with Gasteiger partial charge in [-0.15, -0.1) is 0 Å². The monoisotopic (exact) mass is 416 g/mol. The molecule has 0 saturated carbocycles. The molecule has 0 radical (unpaired) electrons. The van der Waals surface area contributed by atoms with Crippen LogP contribution in [0, 0.1) is 0 Å². The summed E-state index contributed by atoms with van der Waals surface area (Å²) in [5.41, 5.74) is 1.03. The SMILES string of the molecule is CC(NC(=O)c1cccc(Oc2ccccc2)c1)c1ccc(OCC(F)(F)F)nc1. The average molecular weight is 416 g/mol. The summed E-state index contributed by atoms with van der Waals surface area (Å²) in [6.45, 7) is 0.336. The Morgan fingerprint density at radius 2 is 1.77 bits per heavy atom. The van der Waals surface area contributed by atoms with Gasteiger partial charge in [-0.2, -0.15) is 13.2 Å². The number of nitrogens with zero attached hydrogens (tertiary/aromatic N) is 1. The molecular formula is C22H19F3N2O3. The Bertz CT molecular complexity index is 977. The number of amides is 1. The molecule has 1 N–H and O–H groups in total. The summed E-state index contributed by atoms with van der Waals surface area (Å²) in [5, 5.41) is 2.82. The topological polar surface area (TPSA) is 60.5 Å². The van der Waals surface area contributed by atoms with E-state index in [-0.39, 0.29) is 11.8 Å². The highest BCUT2D eigenvalue weighted by atomic mass is 19.4. The van der Waals surface area contributed by atoms with Crippen molar-refractivity contribution in [2.45, 2.75) is 19.1 Å². The number of halogens is 3. The van der Waals surface area contributed by atoms with Gasteiger partial charge in [0.1, 0.15) is 11.5 Å². The van der Waals surface area contributed by atoms with E-state index in [0.29, 0.717) is 22.6 Å². The summed E-state index contributed by atoms with van der Waals surface area (Å²) in [5.74, 6) is 0.718. The first-order chi connectivity index (χ1) is 14.3. The zero-order chi connectivity index (χ0) is 21.6. The van der Waals surface area contributed by atoms with Gasteiger partial charge in [-0.25, -0.2) is 4.98 Å². The number of aromatic nitrogens is 1. The molecule has 5 nitrogen and oxygen atoms in total. The average Bonchev–Trinajstić information content (AvgIpc) is 2.73. The molecule has 30 heavy (non-hydrogen) atoms. The highest BCUT2D eigenvalue weighted by Crippen LogP contribution is 2.23. The predicted octanol–water partition coefficient (Wildman–Crippen LogP) is 5.31. The summed E-state index contributed by atoms with van der Waals surface area (Å²) in [6, 6.07) is 18.4. The van der Waals surface area contributed by atoms with Gasteiger partial charge in [0.2, 0.25) is 5.88 Å². The van der Waals surface area contributed by atoms with E-state index in [1.165, 1.54) is 12.3 Å². The highest BCUT2D eigenvalue weighted by molar-refractivity contribution is 5.94. The Labute approximate surface area is 171 Å². The van der Waals surface area contributed by atoms with Gasteiger partial charge in [0, 0.05) is 17.8 Å². The van der Waals surface area contributed by atoms with Crippen LogP contribution in [0.3, 0.4) is 0 Å². The fraction of sp³-hybridized carbons (Fsp3) is 0.182. The van der Waals surface area contributed by atoms with Crippen molar-refractivity contribution in [3.8, 4) is 17.4 Å². The van der Waals surface area contributed by atoms with Crippen LogP contribution in [0.1, 0.15) is 28.9 Å². The van der Waals surface area contributed by atoms with E-state index in [9.17, 15) is 18.0 Å². The van der Waals surface area contributed by atoms with Crippen molar-refractivity contribution in [3.05, 3.63) is 84.1 Å². The number of ether oxygens (including phenoxy) is 2. The molecule has 1 amide bonds. The van der Waals surface area contributed by atoms with E-state index >= 15 is 0 Å². The lowest BCUT2D eigenvalue weighted by Crippen LogP contribution is -2.26. The molecule has 3 rings (SSSR count). The molecule has 1 unspecified atom stereocenters. The molecule has 3 aromatic rings. The third-order valence-electron chi connectivity index (χ3n) is 4.07. The maximum atomic E-state index is 12.6. The lowest BCUT2D eigenvalue weighted by Gasteiger charge is -2.15. The van der Waals surface area contributed by atoms with E-state index in [1.807, 2.05) is 30.3 Å². The summed E-state index contributed by atoms with van der Waals surface area (Å²) in [7, 11) is 0. The molecule has 1 aromatic heterocycles. The second-order valence-electron chi connectivity index (χ2n) is 6.47. The number of alkyl halides is 3. The Morgan fingerprint density at radius 1 is 1.03 bits per heavy atom. The third-order valence-corrected chi connectivity index (χ3v) is 4.07. The zero-order valence-corrected chi connectivity index (χ0v) is 16.0. The quantitative estimate of drug-likeness (QED) is 0.567. The molecule has 0 aliphatic heterocycles. The standard InChI is InChI=1S/C22H19F3N2O3/c1-15(17-10-11-20(26-13-17)29-14-22(23,24)25)27-21(28)16-6-5-9-19(12-16)30-18-7-3-2-4-8-18/h2-13,15H,14H2,1H3,(H,27,28). The van der Waals surface area contributed by atoms with Crippen LogP contribution in [0.15, 0.2) is 72.9 Å². The first-order valence-electron chi connectivity index (χ1n) is 9.09. The van der Waals surface area contributed by atoms with Gasteiger partial charge < -0.3 is 14.8 Å². The zero-order valence-electron chi connectivity index (χ0n) is 16.0. The molecule has 1 atom stereocenters. The first kappa shape index (κ1) is 21.2. The van der Waals surface area contributed by atoms with Crippen molar-refractivity contribution >= 4 is 5.91 Å². The number of benzene rings is 2. The minimum absolute atomic E-state index is 0.139. The van der Waals surface area contributed by atoms with E-state index in [4.69, 9.17) is 4.74 Å². The summed E-state index contributed by atoms with van der Waals surface area (Å²) >= 11 is 0. The number of para-hydroxylation sites is 1. The number of carbonyl (C=O) groups excluding carboxylic acids is 1. The second-order valence-corrected chi connectivity index (χ2v) is 6.47. The minimum Gasteiger partial charge on any atom is -0.468 e. The largest absolute Gasteiger partial charge is 0.468 e. The predicted molar refractivity (Wildman–Crippen MR) is 105 cm³/mol. The molecule has 0 aliphatic carbocycles. The van der Waals surface area contributed by atoms with Crippen LogP contribution >= 0.6 is 0 Å². The van der Waals surface area contributed by atoms with Crippen molar-refractivity contribution in [2.24, 2.45) is 0 Å². The van der Waals surface area contributed by atoms with Crippen molar-refractivity contribution in [1.82, 2.24) is 10.3 Å². The Hall–Kier alpha value is -3.55. The van der Waals surface area contributed by atoms with Gasteiger partial charge in [0.25, 0.3) is 5.91 Å². The van der Waals surface area contributed by atoms with Crippen molar-refractivity contribution in [2.75, 3.05) is 6.61 Å². The molecule has 2 aromatic carbocycles. The smallest absolute Gasteiger partial charge is 0.422 e.